The van der Waals surface area contributed by atoms with Crippen LogP contribution in [0.15, 0.2) is 164 Å². The van der Waals surface area contributed by atoms with Crippen LogP contribution in [0, 0.1) is 11.3 Å². The summed E-state index contributed by atoms with van der Waals surface area (Å²) in [7, 11) is 0. The molecule has 2 aromatic heterocycles. The lowest BCUT2D eigenvalue weighted by atomic mass is 9.95. The van der Waals surface area contributed by atoms with Crippen LogP contribution in [0.2, 0.25) is 0 Å². The fraction of sp³-hybridized carbons (Fsp3) is 0. The molecular weight excluding hydrogens is 558 g/mol. The van der Waals surface area contributed by atoms with Gasteiger partial charge in [0.2, 0.25) is 0 Å². The number of fused-ring (bicyclic) bond motifs is 6. The Balaban J connectivity index is 1.22. The highest BCUT2D eigenvalue weighted by molar-refractivity contribution is 6.11. The first-order valence-corrected chi connectivity index (χ1v) is 15.5. The molecule has 9 aromatic rings. The SMILES string of the molecule is N#Cc1cc(-c2ccc3c(c2)c2ccccc2n3-c2ccccc2)cc(-c2ccc3c(c2)c2ccccc2n3-c2ccccc2)c1. The Hall–Kier alpha value is -6.37. The molecule has 0 spiro atoms. The van der Waals surface area contributed by atoms with Crippen molar-refractivity contribution in [1.82, 2.24) is 9.13 Å². The predicted octanol–water partition coefficient (Wildman–Crippen LogP) is 11.1. The van der Waals surface area contributed by atoms with Gasteiger partial charge in [-0.1, -0.05) is 84.9 Å². The van der Waals surface area contributed by atoms with E-state index in [0.717, 1.165) is 44.7 Å². The lowest BCUT2D eigenvalue weighted by Crippen LogP contribution is -1.93. The number of hydrogen-bond acceptors (Lipinski definition) is 1. The summed E-state index contributed by atoms with van der Waals surface area (Å²) in [5.74, 6) is 0. The molecule has 0 unspecified atom stereocenters. The predicted molar refractivity (Wildman–Crippen MR) is 191 cm³/mol. The zero-order chi connectivity index (χ0) is 30.6. The molecule has 0 aliphatic rings. The molecule has 0 aliphatic heterocycles. The number of hydrogen-bond donors (Lipinski definition) is 0. The van der Waals surface area contributed by atoms with E-state index in [1.807, 2.05) is 24.3 Å². The zero-order valence-electron chi connectivity index (χ0n) is 24.9. The van der Waals surface area contributed by atoms with Crippen molar-refractivity contribution in [1.29, 1.82) is 5.26 Å². The highest BCUT2D eigenvalue weighted by Gasteiger charge is 2.16. The summed E-state index contributed by atoms with van der Waals surface area (Å²) in [4.78, 5) is 0. The van der Waals surface area contributed by atoms with E-state index >= 15 is 0 Å². The Labute approximate surface area is 266 Å². The Morgan fingerprint density at radius 2 is 0.761 bits per heavy atom. The van der Waals surface area contributed by atoms with Crippen LogP contribution in [0.3, 0.4) is 0 Å². The van der Waals surface area contributed by atoms with Crippen LogP contribution in [-0.4, -0.2) is 9.13 Å². The summed E-state index contributed by atoms with van der Waals surface area (Å²) in [5, 5.41) is 14.9. The molecule has 0 fully saturated rings. The van der Waals surface area contributed by atoms with Crippen LogP contribution in [-0.2, 0) is 0 Å². The van der Waals surface area contributed by atoms with Crippen LogP contribution < -0.4 is 0 Å². The maximum atomic E-state index is 10.1. The van der Waals surface area contributed by atoms with Crippen LogP contribution >= 0.6 is 0 Å². The van der Waals surface area contributed by atoms with E-state index in [1.165, 1.54) is 32.6 Å². The van der Waals surface area contributed by atoms with Gasteiger partial charge in [0.25, 0.3) is 0 Å². The molecule has 3 nitrogen and oxygen atoms in total. The molecule has 0 saturated carbocycles. The highest BCUT2D eigenvalue weighted by Crippen LogP contribution is 2.38. The zero-order valence-corrected chi connectivity index (χ0v) is 24.9. The summed E-state index contributed by atoms with van der Waals surface area (Å²) in [6, 6.07) is 60.1. The minimum atomic E-state index is 0.645. The number of nitrogens with zero attached hydrogens (tertiary/aromatic N) is 3. The average Bonchev–Trinajstić information content (AvgIpc) is 3.64. The quantitative estimate of drug-likeness (QED) is 0.202. The number of aromatic nitrogens is 2. The summed E-state index contributed by atoms with van der Waals surface area (Å²) >= 11 is 0. The molecule has 0 radical (unpaired) electrons. The molecule has 214 valence electrons. The van der Waals surface area contributed by atoms with E-state index in [9.17, 15) is 5.26 Å². The lowest BCUT2D eigenvalue weighted by molar-refractivity contribution is 1.18. The first kappa shape index (κ1) is 26.1. The van der Waals surface area contributed by atoms with Crippen molar-refractivity contribution in [3.05, 3.63) is 169 Å². The lowest BCUT2D eigenvalue weighted by Gasteiger charge is -2.10. The molecule has 9 rings (SSSR count). The summed E-state index contributed by atoms with van der Waals surface area (Å²) in [6.45, 7) is 0. The molecule has 0 aliphatic carbocycles. The second-order valence-electron chi connectivity index (χ2n) is 11.8. The monoisotopic (exact) mass is 585 g/mol. The van der Waals surface area contributed by atoms with Crippen molar-refractivity contribution >= 4 is 43.6 Å². The van der Waals surface area contributed by atoms with Gasteiger partial charge in [-0.25, -0.2) is 0 Å². The van der Waals surface area contributed by atoms with E-state index < -0.39 is 0 Å². The molecule has 3 heteroatoms. The van der Waals surface area contributed by atoms with E-state index in [2.05, 4.69) is 155 Å². The van der Waals surface area contributed by atoms with Gasteiger partial charge in [-0.15, -0.1) is 0 Å². The third-order valence-electron chi connectivity index (χ3n) is 9.10. The summed E-state index contributed by atoms with van der Waals surface area (Å²) < 4.78 is 4.65. The summed E-state index contributed by atoms with van der Waals surface area (Å²) in [5.41, 5.74) is 11.8. The van der Waals surface area contributed by atoms with Gasteiger partial charge in [0.05, 0.1) is 33.7 Å². The molecular formula is C43H27N3. The second kappa shape index (κ2) is 10.4. The largest absolute Gasteiger partial charge is 0.309 e. The fourth-order valence-electron chi connectivity index (χ4n) is 7.04. The topological polar surface area (TPSA) is 33.6 Å². The Morgan fingerprint density at radius 3 is 1.22 bits per heavy atom. The Kier molecular flexibility index (Phi) is 5.88. The molecule has 0 atom stereocenters. The molecule has 46 heavy (non-hydrogen) atoms. The van der Waals surface area contributed by atoms with Crippen molar-refractivity contribution in [2.24, 2.45) is 0 Å². The highest BCUT2D eigenvalue weighted by atomic mass is 15.0. The van der Waals surface area contributed by atoms with Gasteiger partial charge in [-0.2, -0.15) is 5.26 Å². The summed E-state index contributed by atoms with van der Waals surface area (Å²) in [6.07, 6.45) is 0. The van der Waals surface area contributed by atoms with Gasteiger partial charge >= 0.3 is 0 Å². The average molecular weight is 586 g/mol. The molecule has 2 heterocycles. The first-order valence-electron chi connectivity index (χ1n) is 15.5. The van der Waals surface area contributed by atoms with E-state index in [0.29, 0.717) is 5.56 Å². The fourth-order valence-corrected chi connectivity index (χ4v) is 7.04. The van der Waals surface area contributed by atoms with Crippen LogP contribution in [0.4, 0.5) is 0 Å². The van der Waals surface area contributed by atoms with Gasteiger partial charge in [-0.05, 0) is 101 Å². The smallest absolute Gasteiger partial charge is 0.0992 e. The van der Waals surface area contributed by atoms with E-state index in [1.54, 1.807) is 0 Å². The van der Waals surface area contributed by atoms with Gasteiger partial charge < -0.3 is 9.13 Å². The second-order valence-corrected chi connectivity index (χ2v) is 11.8. The van der Waals surface area contributed by atoms with E-state index in [4.69, 9.17) is 0 Å². The minimum absolute atomic E-state index is 0.645. The van der Waals surface area contributed by atoms with Crippen molar-refractivity contribution in [2.75, 3.05) is 0 Å². The third-order valence-corrected chi connectivity index (χ3v) is 9.10. The molecule has 7 aromatic carbocycles. The molecule has 0 saturated heterocycles. The van der Waals surface area contributed by atoms with Crippen LogP contribution in [0.1, 0.15) is 5.56 Å². The Bertz CT molecular complexity index is 2460. The first-order chi connectivity index (χ1) is 22.8. The van der Waals surface area contributed by atoms with Gasteiger partial charge in [-0.3, -0.25) is 0 Å². The van der Waals surface area contributed by atoms with Crippen LogP contribution in [0.25, 0.3) is 77.2 Å². The van der Waals surface area contributed by atoms with E-state index in [-0.39, 0.29) is 0 Å². The van der Waals surface area contributed by atoms with Crippen molar-refractivity contribution in [2.45, 2.75) is 0 Å². The molecule has 0 N–H and O–H groups in total. The van der Waals surface area contributed by atoms with Gasteiger partial charge in [0.1, 0.15) is 0 Å². The number of nitriles is 1. The maximum Gasteiger partial charge on any atom is 0.0992 e. The third kappa shape index (κ3) is 4.05. The van der Waals surface area contributed by atoms with Crippen molar-refractivity contribution < 1.29 is 0 Å². The van der Waals surface area contributed by atoms with Gasteiger partial charge in [0.15, 0.2) is 0 Å². The molecule has 0 bridgehead atoms. The number of para-hydroxylation sites is 4. The maximum absolute atomic E-state index is 10.1. The normalized spacial score (nSPS) is 11.5. The van der Waals surface area contributed by atoms with Gasteiger partial charge in [0, 0.05) is 32.9 Å². The number of rotatable bonds is 4. The van der Waals surface area contributed by atoms with Crippen molar-refractivity contribution in [3.8, 4) is 39.7 Å². The van der Waals surface area contributed by atoms with Crippen molar-refractivity contribution in [3.63, 3.8) is 0 Å². The Morgan fingerprint density at radius 1 is 0.348 bits per heavy atom. The van der Waals surface area contributed by atoms with Crippen LogP contribution in [0.5, 0.6) is 0 Å². The molecule has 0 amide bonds. The standard InChI is InChI=1S/C43H27N3/c44-28-29-23-32(30-19-21-42-38(26-30)36-15-7-9-17-40(36)45(42)34-11-3-1-4-12-34)25-33(24-29)31-20-22-43-39(27-31)37-16-8-10-18-41(37)46(43)35-13-5-2-6-14-35/h1-27H. The number of benzene rings is 7. The minimum Gasteiger partial charge on any atom is -0.309 e.